The number of aromatic nitrogens is 1. The van der Waals surface area contributed by atoms with Crippen molar-refractivity contribution in [1.29, 1.82) is 0 Å². The van der Waals surface area contributed by atoms with E-state index in [4.69, 9.17) is 16.3 Å². The van der Waals surface area contributed by atoms with Crippen LogP contribution < -0.4 is 5.32 Å². The molecule has 4 heteroatoms. The van der Waals surface area contributed by atoms with Gasteiger partial charge in [0.2, 0.25) is 0 Å². The highest BCUT2D eigenvalue weighted by Crippen LogP contribution is 2.12. The Labute approximate surface area is 95.8 Å². The molecule has 0 fully saturated rings. The molecule has 0 spiro atoms. The molecular weight excluding hydrogens is 212 g/mol. The first-order chi connectivity index (χ1) is 7.24. The van der Waals surface area contributed by atoms with Crippen LogP contribution in [0.4, 0.5) is 5.69 Å². The predicted octanol–water partition coefficient (Wildman–Crippen LogP) is 2.45. The van der Waals surface area contributed by atoms with Crippen molar-refractivity contribution in [3.63, 3.8) is 0 Å². The number of alkyl halides is 1. The standard InChI is InChI=1S/C11H17ClN2O/c1-9-7-13-5-4-11(9)14-6-3-10(12)8-15-2/h4-5,7,10H,3,6,8H2,1-2H3,(H,13,14). The number of pyridine rings is 1. The maximum atomic E-state index is 6.01. The fourth-order valence-electron chi connectivity index (χ4n) is 1.30. The number of methoxy groups -OCH3 is 1. The van der Waals surface area contributed by atoms with E-state index in [9.17, 15) is 0 Å². The first-order valence-corrected chi connectivity index (χ1v) is 5.45. The van der Waals surface area contributed by atoms with Gasteiger partial charge in [0, 0.05) is 31.7 Å². The second kappa shape index (κ2) is 6.64. The number of nitrogens with one attached hydrogen (secondary N) is 1. The summed E-state index contributed by atoms with van der Waals surface area (Å²) < 4.78 is 4.96. The van der Waals surface area contributed by atoms with E-state index in [0.29, 0.717) is 6.61 Å². The molecule has 0 radical (unpaired) electrons. The minimum Gasteiger partial charge on any atom is -0.385 e. The van der Waals surface area contributed by atoms with Gasteiger partial charge in [-0.1, -0.05) is 0 Å². The number of nitrogens with zero attached hydrogens (tertiary/aromatic N) is 1. The Morgan fingerprint density at radius 3 is 3.07 bits per heavy atom. The molecule has 0 aliphatic carbocycles. The zero-order chi connectivity index (χ0) is 11.1. The van der Waals surface area contributed by atoms with Crippen LogP contribution in [0, 0.1) is 6.92 Å². The van der Waals surface area contributed by atoms with Crippen LogP contribution in [0.25, 0.3) is 0 Å². The lowest BCUT2D eigenvalue weighted by Gasteiger charge is -2.11. The van der Waals surface area contributed by atoms with Crippen molar-refractivity contribution in [2.45, 2.75) is 18.7 Å². The van der Waals surface area contributed by atoms with E-state index >= 15 is 0 Å². The van der Waals surface area contributed by atoms with Crippen LogP contribution in [0.3, 0.4) is 0 Å². The van der Waals surface area contributed by atoms with Crippen molar-refractivity contribution in [3.8, 4) is 0 Å². The minimum atomic E-state index is 0.0737. The number of aryl methyl sites for hydroxylation is 1. The largest absolute Gasteiger partial charge is 0.385 e. The molecule has 84 valence electrons. The molecule has 0 amide bonds. The molecule has 1 atom stereocenters. The molecule has 0 saturated heterocycles. The Hall–Kier alpha value is -0.800. The van der Waals surface area contributed by atoms with Crippen molar-refractivity contribution in [2.75, 3.05) is 25.6 Å². The van der Waals surface area contributed by atoms with E-state index in [1.165, 1.54) is 0 Å². The van der Waals surface area contributed by atoms with Gasteiger partial charge < -0.3 is 10.1 Å². The Kier molecular flexibility index (Phi) is 5.43. The SMILES string of the molecule is COCC(Cl)CCNc1ccncc1C. The van der Waals surface area contributed by atoms with Gasteiger partial charge in [-0.3, -0.25) is 4.98 Å². The van der Waals surface area contributed by atoms with E-state index in [1.807, 2.05) is 19.2 Å². The van der Waals surface area contributed by atoms with Gasteiger partial charge in [-0.25, -0.2) is 0 Å². The number of halogens is 1. The molecule has 0 bridgehead atoms. The normalized spacial score (nSPS) is 12.5. The number of anilines is 1. The summed E-state index contributed by atoms with van der Waals surface area (Å²) in [7, 11) is 1.66. The van der Waals surface area contributed by atoms with Gasteiger partial charge in [-0.05, 0) is 25.0 Å². The Morgan fingerprint density at radius 1 is 1.60 bits per heavy atom. The molecule has 1 unspecified atom stereocenters. The monoisotopic (exact) mass is 228 g/mol. The van der Waals surface area contributed by atoms with Crippen molar-refractivity contribution in [1.82, 2.24) is 4.98 Å². The van der Waals surface area contributed by atoms with E-state index in [1.54, 1.807) is 13.3 Å². The van der Waals surface area contributed by atoms with Gasteiger partial charge >= 0.3 is 0 Å². The molecule has 1 N–H and O–H groups in total. The summed E-state index contributed by atoms with van der Waals surface area (Å²) in [6, 6.07) is 1.97. The van der Waals surface area contributed by atoms with Crippen molar-refractivity contribution in [3.05, 3.63) is 24.0 Å². The number of hydrogen-bond acceptors (Lipinski definition) is 3. The molecule has 15 heavy (non-hydrogen) atoms. The Morgan fingerprint density at radius 2 is 2.40 bits per heavy atom. The molecule has 0 saturated carbocycles. The fourth-order valence-corrected chi connectivity index (χ4v) is 1.53. The average Bonchev–Trinajstić information content (AvgIpc) is 2.21. The third-order valence-electron chi connectivity index (χ3n) is 2.14. The van der Waals surface area contributed by atoms with Crippen LogP contribution in [0.15, 0.2) is 18.5 Å². The second-order valence-electron chi connectivity index (χ2n) is 3.46. The Bertz CT molecular complexity index is 294. The van der Waals surface area contributed by atoms with Crippen LogP contribution in [0.5, 0.6) is 0 Å². The quantitative estimate of drug-likeness (QED) is 0.760. The summed E-state index contributed by atoms with van der Waals surface area (Å²) in [5.74, 6) is 0. The second-order valence-corrected chi connectivity index (χ2v) is 4.08. The topological polar surface area (TPSA) is 34.1 Å². The third kappa shape index (κ3) is 4.49. The summed E-state index contributed by atoms with van der Waals surface area (Å²) in [6.45, 7) is 3.48. The van der Waals surface area contributed by atoms with Crippen molar-refractivity contribution >= 4 is 17.3 Å². The summed E-state index contributed by atoms with van der Waals surface area (Å²) in [5, 5.41) is 3.40. The van der Waals surface area contributed by atoms with E-state index < -0.39 is 0 Å². The highest BCUT2D eigenvalue weighted by Gasteiger charge is 2.03. The maximum absolute atomic E-state index is 6.01. The molecule has 0 aliphatic heterocycles. The molecule has 1 aromatic rings. The van der Waals surface area contributed by atoms with Crippen molar-refractivity contribution < 1.29 is 4.74 Å². The predicted molar refractivity (Wildman–Crippen MR) is 63.6 cm³/mol. The summed E-state index contributed by atoms with van der Waals surface area (Å²) in [5.41, 5.74) is 2.27. The van der Waals surface area contributed by atoms with Crippen LogP contribution in [-0.4, -0.2) is 30.6 Å². The van der Waals surface area contributed by atoms with E-state index in [-0.39, 0.29) is 5.38 Å². The number of rotatable bonds is 6. The van der Waals surface area contributed by atoms with Crippen LogP contribution in [0.2, 0.25) is 0 Å². The van der Waals surface area contributed by atoms with Gasteiger partial charge in [0.15, 0.2) is 0 Å². The lowest BCUT2D eigenvalue weighted by Crippen LogP contribution is -2.13. The molecule has 1 aromatic heterocycles. The first-order valence-electron chi connectivity index (χ1n) is 5.01. The number of ether oxygens (including phenoxy) is 1. The maximum Gasteiger partial charge on any atom is 0.0627 e. The third-order valence-corrected chi connectivity index (χ3v) is 2.49. The molecule has 0 aliphatic rings. The molecular formula is C11H17ClN2O. The van der Waals surface area contributed by atoms with Crippen LogP contribution in [0.1, 0.15) is 12.0 Å². The highest BCUT2D eigenvalue weighted by atomic mass is 35.5. The minimum absolute atomic E-state index is 0.0737. The average molecular weight is 229 g/mol. The smallest absolute Gasteiger partial charge is 0.0627 e. The molecule has 3 nitrogen and oxygen atoms in total. The van der Waals surface area contributed by atoms with Gasteiger partial charge in [0.05, 0.1) is 12.0 Å². The summed E-state index contributed by atoms with van der Waals surface area (Å²) in [6.07, 6.45) is 4.51. The lowest BCUT2D eigenvalue weighted by molar-refractivity contribution is 0.196. The summed E-state index contributed by atoms with van der Waals surface area (Å²) >= 11 is 6.01. The van der Waals surface area contributed by atoms with E-state index in [2.05, 4.69) is 10.3 Å². The van der Waals surface area contributed by atoms with Gasteiger partial charge in [0.25, 0.3) is 0 Å². The molecule has 1 heterocycles. The van der Waals surface area contributed by atoms with Gasteiger partial charge in [-0.2, -0.15) is 0 Å². The van der Waals surface area contributed by atoms with Crippen molar-refractivity contribution in [2.24, 2.45) is 0 Å². The van der Waals surface area contributed by atoms with Crippen LogP contribution >= 0.6 is 11.6 Å². The Balaban J connectivity index is 2.29. The lowest BCUT2D eigenvalue weighted by atomic mass is 10.2. The zero-order valence-corrected chi connectivity index (χ0v) is 9.92. The van der Waals surface area contributed by atoms with Gasteiger partial charge in [0.1, 0.15) is 0 Å². The van der Waals surface area contributed by atoms with E-state index in [0.717, 1.165) is 24.2 Å². The summed E-state index contributed by atoms with van der Waals surface area (Å²) in [4.78, 5) is 4.03. The van der Waals surface area contributed by atoms with Gasteiger partial charge in [-0.15, -0.1) is 11.6 Å². The number of hydrogen-bond donors (Lipinski definition) is 1. The molecule has 1 rings (SSSR count). The zero-order valence-electron chi connectivity index (χ0n) is 9.16. The first kappa shape index (κ1) is 12.3. The van der Waals surface area contributed by atoms with Crippen LogP contribution in [-0.2, 0) is 4.74 Å². The molecule has 0 aromatic carbocycles. The highest BCUT2D eigenvalue weighted by molar-refractivity contribution is 6.20. The fraction of sp³-hybridized carbons (Fsp3) is 0.545.